The summed E-state index contributed by atoms with van der Waals surface area (Å²) in [5, 5.41) is 13.4. The zero-order chi connectivity index (χ0) is 15.5. The number of anilines is 2. The Morgan fingerprint density at radius 3 is 2.57 bits per heavy atom. The summed E-state index contributed by atoms with van der Waals surface area (Å²) < 4.78 is 26.7. The molecule has 0 saturated heterocycles. The van der Waals surface area contributed by atoms with Crippen molar-refractivity contribution >= 4 is 27.2 Å². The van der Waals surface area contributed by atoms with E-state index in [1.165, 1.54) is 31.4 Å². The van der Waals surface area contributed by atoms with Crippen molar-refractivity contribution in [2.75, 3.05) is 17.1 Å². The van der Waals surface area contributed by atoms with Crippen LogP contribution in [-0.2, 0) is 10.0 Å². The van der Waals surface area contributed by atoms with E-state index < -0.39 is 14.9 Å². The highest BCUT2D eigenvalue weighted by molar-refractivity contribution is 7.92. The molecule has 21 heavy (non-hydrogen) atoms. The maximum absolute atomic E-state index is 12.2. The average molecular weight is 308 g/mol. The molecule has 0 spiro atoms. The normalized spacial score (nSPS) is 10.9. The predicted octanol–water partition coefficient (Wildman–Crippen LogP) is 1.83. The molecule has 0 atom stereocenters. The minimum Gasteiger partial charge on any atom is -0.383 e. The van der Waals surface area contributed by atoms with Crippen LogP contribution in [0.3, 0.4) is 0 Å². The molecule has 2 aromatic rings. The first-order valence-corrected chi connectivity index (χ1v) is 7.32. The summed E-state index contributed by atoms with van der Waals surface area (Å²) in [7, 11) is -2.39. The Labute approximate surface area is 121 Å². The van der Waals surface area contributed by atoms with Crippen molar-refractivity contribution in [3.63, 3.8) is 0 Å². The first-order chi connectivity index (χ1) is 9.94. The van der Waals surface area contributed by atoms with Gasteiger partial charge in [0.05, 0.1) is 9.82 Å². The number of hydrogen-bond acceptors (Lipinski definition) is 6. The SMILES string of the molecule is CNc1cc(S(=O)(=O)Nc2ccccn2)ccc1[N+](=O)[O-]. The van der Waals surface area contributed by atoms with Crippen LogP contribution in [0, 0.1) is 10.1 Å². The van der Waals surface area contributed by atoms with Crippen LogP contribution in [0.2, 0.25) is 0 Å². The van der Waals surface area contributed by atoms with E-state index in [0.717, 1.165) is 6.07 Å². The highest BCUT2D eigenvalue weighted by atomic mass is 32.2. The third-order valence-electron chi connectivity index (χ3n) is 2.65. The van der Waals surface area contributed by atoms with Gasteiger partial charge in [0.1, 0.15) is 11.5 Å². The third kappa shape index (κ3) is 3.26. The molecule has 0 unspecified atom stereocenters. The van der Waals surface area contributed by atoms with E-state index in [4.69, 9.17) is 0 Å². The quantitative estimate of drug-likeness (QED) is 0.643. The number of pyridine rings is 1. The molecule has 0 aliphatic rings. The van der Waals surface area contributed by atoms with Gasteiger partial charge in [-0.3, -0.25) is 14.8 Å². The number of nitro groups is 1. The molecule has 0 amide bonds. The van der Waals surface area contributed by atoms with Gasteiger partial charge in [0.25, 0.3) is 15.7 Å². The van der Waals surface area contributed by atoms with Gasteiger partial charge in [-0.05, 0) is 24.3 Å². The largest absolute Gasteiger partial charge is 0.383 e. The molecule has 1 heterocycles. The van der Waals surface area contributed by atoms with Gasteiger partial charge < -0.3 is 5.32 Å². The molecule has 110 valence electrons. The minimum absolute atomic E-state index is 0.0943. The lowest BCUT2D eigenvalue weighted by Gasteiger charge is -2.09. The summed E-state index contributed by atoms with van der Waals surface area (Å²) in [5.74, 6) is 0.168. The number of aromatic nitrogens is 1. The van der Waals surface area contributed by atoms with Crippen LogP contribution >= 0.6 is 0 Å². The second-order valence-electron chi connectivity index (χ2n) is 4.01. The Hall–Kier alpha value is -2.68. The summed E-state index contributed by atoms with van der Waals surface area (Å²) in [6.07, 6.45) is 1.45. The molecule has 2 N–H and O–H groups in total. The van der Waals surface area contributed by atoms with E-state index in [0.29, 0.717) is 0 Å². The highest BCUT2D eigenvalue weighted by Gasteiger charge is 2.20. The van der Waals surface area contributed by atoms with E-state index in [-0.39, 0.29) is 22.1 Å². The van der Waals surface area contributed by atoms with Gasteiger partial charge in [-0.2, -0.15) is 0 Å². The number of sulfonamides is 1. The first kappa shape index (κ1) is 14.7. The highest BCUT2D eigenvalue weighted by Crippen LogP contribution is 2.27. The van der Waals surface area contributed by atoms with Crippen molar-refractivity contribution in [1.82, 2.24) is 4.98 Å². The Morgan fingerprint density at radius 1 is 1.24 bits per heavy atom. The van der Waals surface area contributed by atoms with Gasteiger partial charge in [-0.15, -0.1) is 0 Å². The maximum Gasteiger partial charge on any atom is 0.292 e. The average Bonchev–Trinajstić information content (AvgIpc) is 2.47. The zero-order valence-electron chi connectivity index (χ0n) is 11.0. The Bertz CT molecular complexity index is 762. The second kappa shape index (κ2) is 5.75. The first-order valence-electron chi connectivity index (χ1n) is 5.84. The number of nitro benzene ring substituents is 1. The van der Waals surface area contributed by atoms with Gasteiger partial charge in [-0.1, -0.05) is 6.07 Å². The standard InChI is InChI=1S/C12H12N4O4S/c1-13-10-8-9(5-6-11(10)16(17)18)21(19,20)15-12-4-2-3-7-14-12/h2-8,13H,1H3,(H,14,15). The molecule has 0 aliphatic heterocycles. The van der Waals surface area contributed by atoms with Crippen molar-refractivity contribution in [3.8, 4) is 0 Å². The van der Waals surface area contributed by atoms with Crippen molar-refractivity contribution < 1.29 is 13.3 Å². The fraction of sp³-hybridized carbons (Fsp3) is 0.0833. The zero-order valence-corrected chi connectivity index (χ0v) is 11.8. The van der Waals surface area contributed by atoms with Crippen LogP contribution in [0.4, 0.5) is 17.2 Å². The van der Waals surface area contributed by atoms with E-state index in [1.807, 2.05) is 0 Å². The Balaban J connectivity index is 2.39. The van der Waals surface area contributed by atoms with Crippen molar-refractivity contribution in [3.05, 3.63) is 52.7 Å². The Kier molecular flexibility index (Phi) is 4.03. The van der Waals surface area contributed by atoms with Gasteiger partial charge >= 0.3 is 0 Å². The van der Waals surface area contributed by atoms with Crippen LogP contribution in [0.1, 0.15) is 0 Å². The molecular formula is C12H12N4O4S. The van der Waals surface area contributed by atoms with Gasteiger partial charge in [-0.25, -0.2) is 13.4 Å². The fourth-order valence-corrected chi connectivity index (χ4v) is 2.70. The molecule has 0 saturated carbocycles. The second-order valence-corrected chi connectivity index (χ2v) is 5.69. The van der Waals surface area contributed by atoms with Crippen LogP contribution in [-0.4, -0.2) is 25.4 Å². The van der Waals surface area contributed by atoms with Crippen molar-refractivity contribution in [1.29, 1.82) is 0 Å². The third-order valence-corrected chi connectivity index (χ3v) is 4.00. The lowest BCUT2D eigenvalue weighted by Crippen LogP contribution is -2.14. The lowest BCUT2D eigenvalue weighted by molar-refractivity contribution is -0.384. The van der Waals surface area contributed by atoms with Crippen LogP contribution in [0.15, 0.2) is 47.5 Å². The van der Waals surface area contributed by atoms with Gasteiger partial charge in [0, 0.05) is 19.3 Å². The minimum atomic E-state index is -3.86. The van der Waals surface area contributed by atoms with Gasteiger partial charge in [0.15, 0.2) is 0 Å². The molecule has 1 aromatic heterocycles. The number of benzene rings is 1. The molecule has 1 aromatic carbocycles. The smallest absolute Gasteiger partial charge is 0.292 e. The van der Waals surface area contributed by atoms with Gasteiger partial charge in [0.2, 0.25) is 0 Å². The molecule has 0 bridgehead atoms. The molecule has 8 nitrogen and oxygen atoms in total. The molecular weight excluding hydrogens is 296 g/mol. The molecule has 0 fully saturated rings. The van der Waals surface area contributed by atoms with Crippen LogP contribution in [0.25, 0.3) is 0 Å². The number of hydrogen-bond donors (Lipinski definition) is 2. The maximum atomic E-state index is 12.2. The summed E-state index contributed by atoms with van der Waals surface area (Å²) in [6, 6.07) is 8.30. The topological polar surface area (TPSA) is 114 Å². The van der Waals surface area contributed by atoms with Crippen molar-refractivity contribution in [2.45, 2.75) is 4.90 Å². The predicted molar refractivity (Wildman–Crippen MR) is 77.7 cm³/mol. The summed E-state index contributed by atoms with van der Waals surface area (Å²) in [4.78, 5) is 14.0. The monoisotopic (exact) mass is 308 g/mol. The van der Waals surface area contributed by atoms with E-state index in [9.17, 15) is 18.5 Å². The van der Waals surface area contributed by atoms with Crippen LogP contribution < -0.4 is 10.0 Å². The van der Waals surface area contributed by atoms with E-state index in [1.54, 1.807) is 12.1 Å². The molecule has 0 aliphatic carbocycles. The number of rotatable bonds is 5. The number of nitrogens with one attached hydrogen (secondary N) is 2. The summed E-state index contributed by atoms with van der Waals surface area (Å²) >= 11 is 0. The summed E-state index contributed by atoms with van der Waals surface area (Å²) in [5.41, 5.74) is -0.0850. The fourth-order valence-electron chi connectivity index (χ4n) is 1.66. The molecule has 0 radical (unpaired) electrons. The lowest BCUT2D eigenvalue weighted by atomic mass is 10.3. The summed E-state index contributed by atoms with van der Waals surface area (Å²) in [6.45, 7) is 0. The number of nitrogens with zero attached hydrogens (tertiary/aromatic N) is 2. The van der Waals surface area contributed by atoms with E-state index >= 15 is 0 Å². The van der Waals surface area contributed by atoms with E-state index in [2.05, 4.69) is 15.0 Å². The Morgan fingerprint density at radius 2 is 2.00 bits per heavy atom. The molecule has 2 rings (SSSR count). The van der Waals surface area contributed by atoms with Crippen LogP contribution in [0.5, 0.6) is 0 Å². The van der Waals surface area contributed by atoms with Crippen molar-refractivity contribution in [2.24, 2.45) is 0 Å². The molecule has 9 heteroatoms.